The van der Waals surface area contributed by atoms with Gasteiger partial charge in [-0.3, -0.25) is 4.79 Å². The standard InChI is InChI=1S/C29H30Cl2N2O/c30-27-13-7-12-25(28(27)31)29(34)33-19-24(26(20-33)23-10-5-2-6-11-23)18-32-16-14-22(15-17-32)21-8-3-1-4-9-21/h1-13,22,24,26H,14-20H2. The fourth-order valence-corrected chi connectivity index (χ4v) is 6.03. The van der Waals surface area contributed by atoms with Crippen molar-refractivity contribution in [2.75, 3.05) is 32.7 Å². The lowest BCUT2D eigenvalue weighted by Gasteiger charge is -2.34. The largest absolute Gasteiger partial charge is 0.338 e. The molecule has 2 fully saturated rings. The van der Waals surface area contributed by atoms with E-state index in [1.54, 1.807) is 18.2 Å². The van der Waals surface area contributed by atoms with Crippen molar-refractivity contribution in [3.8, 4) is 0 Å². The molecule has 0 N–H and O–H groups in total. The molecule has 0 spiro atoms. The molecule has 0 aliphatic carbocycles. The van der Waals surface area contributed by atoms with Gasteiger partial charge in [-0.1, -0.05) is 89.9 Å². The summed E-state index contributed by atoms with van der Waals surface area (Å²) in [5, 5.41) is 0.765. The molecule has 0 saturated carbocycles. The molecule has 3 aromatic rings. The highest BCUT2D eigenvalue weighted by molar-refractivity contribution is 6.43. The van der Waals surface area contributed by atoms with Crippen molar-refractivity contribution < 1.29 is 4.79 Å². The van der Waals surface area contributed by atoms with E-state index >= 15 is 0 Å². The number of amides is 1. The van der Waals surface area contributed by atoms with Crippen LogP contribution in [-0.4, -0.2) is 48.4 Å². The molecule has 3 aromatic carbocycles. The average Bonchev–Trinajstić information content (AvgIpc) is 3.30. The molecule has 2 aliphatic heterocycles. The zero-order valence-corrected chi connectivity index (χ0v) is 20.8. The van der Waals surface area contributed by atoms with Gasteiger partial charge in [-0.05, 0) is 61.0 Å². The Balaban J connectivity index is 1.30. The van der Waals surface area contributed by atoms with E-state index in [0.29, 0.717) is 39.9 Å². The lowest BCUT2D eigenvalue weighted by molar-refractivity contribution is 0.0781. The number of benzene rings is 3. The number of hydrogen-bond donors (Lipinski definition) is 0. The number of rotatable bonds is 5. The highest BCUT2D eigenvalue weighted by atomic mass is 35.5. The van der Waals surface area contributed by atoms with Gasteiger partial charge in [0, 0.05) is 25.6 Å². The Morgan fingerprint density at radius 3 is 2.12 bits per heavy atom. The van der Waals surface area contributed by atoms with Crippen molar-refractivity contribution in [2.24, 2.45) is 5.92 Å². The molecular formula is C29H30Cl2N2O. The first-order valence-corrected chi connectivity index (χ1v) is 12.9. The van der Waals surface area contributed by atoms with Gasteiger partial charge in [0.1, 0.15) is 0 Å². The smallest absolute Gasteiger partial charge is 0.255 e. The second-order valence-electron chi connectivity index (χ2n) is 9.57. The molecule has 2 saturated heterocycles. The second-order valence-corrected chi connectivity index (χ2v) is 10.4. The molecule has 2 aliphatic rings. The maximum atomic E-state index is 13.4. The zero-order chi connectivity index (χ0) is 23.5. The average molecular weight is 493 g/mol. The maximum Gasteiger partial charge on any atom is 0.255 e. The van der Waals surface area contributed by atoms with Crippen LogP contribution < -0.4 is 0 Å². The highest BCUT2D eigenvalue weighted by Gasteiger charge is 2.38. The predicted octanol–water partition coefficient (Wildman–Crippen LogP) is 6.73. The third kappa shape index (κ3) is 5.02. The third-order valence-corrected chi connectivity index (χ3v) is 8.31. The summed E-state index contributed by atoms with van der Waals surface area (Å²) in [4.78, 5) is 18.0. The van der Waals surface area contributed by atoms with Crippen LogP contribution in [-0.2, 0) is 0 Å². The monoisotopic (exact) mass is 492 g/mol. The molecular weight excluding hydrogens is 463 g/mol. The molecule has 2 heterocycles. The summed E-state index contributed by atoms with van der Waals surface area (Å²) < 4.78 is 0. The summed E-state index contributed by atoms with van der Waals surface area (Å²) in [6.07, 6.45) is 2.38. The van der Waals surface area contributed by atoms with E-state index in [-0.39, 0.29) is 5.91 Å². The van der Waals surface area contributed by atoms with Crippen LogP contribution in [0.5, 0.6) is 0 Å². The molecule has 5 heteroatoms. The van der Waals surface area contributed by atoms with Gasteiger partial charge < -0.3 is 9.80 Å². The minimum Gasteiger partial charge on any atom is -0.338 e. The Kier molecular flexibility index (Phi) is 7.24. The number of carbonyl (C=O) groups excluding carboxylic acids is 1. The first-order valence-electron chi connectivity index (χ1n) is 12.2. The topological polar surface area (TPSA) is 23.6 Å². The minimum absolute atomic E-state index is 0.0290. The number of halogens is 2. The Hall–Kier alpha value is -2.33. The van der Waals surface area contributed by atoms with E-state index in [2.05, 4.69) is 65.6 Å². The fourth-order valence-electron chi connectivity index (χ4n) is 5.64. The molecule has 2 atom stereocenters. The molecule has 34 heavy (non-hydrogen) atoms. The predicted molar refractivity (Wildman–Crippen MR) is 140 cm³/mol. The molecule has 0 aromatic heterocycles. The number of nitrogens with zero attached hydrogens (tertiary/aromatic N) is 2. The van der Waals surface area contributed by atoms with Gasteiger partial charge in [0.15, 0.2) is 0 Å². The molecule has 176 valence electrons. The first kappa shape index (κ1) is 23.4. The Morgan fingerprint density at radius 2 is 1.44 bits per heavy atom. The van der Waals surface area contributed by atoms with Crippen LogP contribution in [0.15, 0.2) is 78.9 Å². The summed E-state index contributed by atoms with van der Waals surface area (Å²) in [6, 6.07) is 26.8. The summed E-state index contributed by atoms with van der Waals surface area (Å²) in [5.41, 5.74) is 3.25. The summed E-state index contributed by atoms with van der Waals surface area (Å²) in [7, 11) is 0. The van der Waals surface area contributed by atoms with E-state index < -0.39 is 0 Å². The highest BCUT2D eigenvalue weighted by Crippen LogP contribution is 2.37. The summed E-state index contributed by atoms with van der Waals surface area (Å²) in [5.74, 6) is 1.32. The summed E-state index contributed by atoms with van der Waals surface area (Å²) in [6.45, 7) is 4.65. The lowest BCUT2D eigenvalue weighted by Crippen LogP contribution is -2.38. The molecule has 3 nitrogen and oxygen atoms in total. The first-order chi connectivity index (χ1) is 16.6. The van der Waals surface area contributed by atoms with Gasteiger partial charge in [-0.25, -0.2) is 0 Å². The van der Waals surface area contributed by atoms with Crippen molar-refractivity contribution in [3.05, 3.63) is 106 Å². The molecule has 2 unspecified atom stereocenters. The van der Waals surface area contributed by atoms with Gasteiger partial charge in [-0.2, -0.15) is 0 Å². The van der Waals surface area contributed by atoms with Crippen LogP contribution in [0.1, 0.15) is 46.2 Å². The Bertz CT molecular complexity index is 1110. The van der Waals surface area contributed by atoms with E-state index in [1.165, 1.54) is 24.0 Å². The molecule has 5 rings (SSSR count). The lowest BCUT2D eigenvalue weighted by atomic mass is 9.86. The van der Waals surface area contributed by atoms with E-state index in [9.17, 15) is 4.79 Å². The van der Waals surface area contributed by atoms with Crippen molar-refractivity contribution >= 4 is 29.1 Å². The third-order valence-electron chi connectivity index (χ3n) is 7.49. The molecule has 0 bridgehead atoms. The number of likely N-dealkylation sites (tertiary alicyclic amines) is 2. The zero-order valence-electron chi connectivity index (χ0n) is 19.2. The number of carbonyl (C=O) groups is 1. The van der Waals surface area contributed by atoms with Crippen LogP contribution in [0.3, 0.4) is 0 Å². The van der Waals surface area contributed by atoms with Crippen LogP contribution in [0.25, 0.3) is 0 Å². The van der Waals surface area contributed by atoms with E-state index in [0.717, 1.165) is 26.2 Å². The van der Waals surface area contributed by atoms with E-state index in [1.807, 2.05) is 4.90 Å². The molecule has 0 radical (unpaired) electrons. The van der Waals surface area contributed by atoms with Crippen LogP contribution in [0, 0.1) is 5.92 Å². The SMILES string of the molecule is O=C(c1cccc(Cl)c1Cl)N1CC(CN2CCC(c3ccccc3)CC2)C(c2ccccc2)C1. The van der Waals surface area contributed by atoms with Crippen molar-refractivity contribution in [1.29, 1.82) is 0 Å². The molecule has 1 amide bonds. The van der Waals surface area contributed by atoms with Gasteiger partial charge >= 0.3 is 0 Å². The Labute approximate surface area is 212 Å². The maximum absolute atomic E-state index is 13.4. The Morgan fingerprint density at radius 1 is 0.794 bits per heavy atom. The normalized spacial score (nSPS) is 21.6. The number of hydrogen-bond acceptors (Lipinski definition) is 2. The van der Waals surface area contributed by atoms with Crippen LogP contribution >= 0.6 is 23.2 Å². The van der Waals surface area contributed by atoms with Crippen molar-refractivity contribution in [1.82, 2.24) is 9.80 Å². The van der Waals surface area contributed by atoms with Crippen molar-refractivity contribution in [2.45, 2.75) is 24.7 Å². The van der Waals surface area contributed by atoms with Crippen molar-refractivity contribution in [3.63, 3.8) is 0 Å². The van der Waals surface area contributed by atoms with Gasteiger partial charge in [0.2, 0.25) is 0 Å². The second kappa shape index (κ2) is 10.5. The van der Waals surface area contributed by atoms with Gasteiger partial charge in [-0.15, -0.1) is 0 Å². The minimum atomic E-state index is -0.0290. The van der Waals surface area contributed by atoms with Crippen LogP contribution in [0.2, 0.25) is 10.0 Å². The van der Waals surface area contributed by atoms with Gasteiger partial charge in [0.25, 0.3) is 5.91 Å². The quantitative estimate of drug-likeness (QED) is 0.394. The van der Waals surface area contributed by atoms with E-state index in [4.69, 9.17) is 23.2 Å². The van der Waals surface area contributed by atoms with Gasteiger partial charge in [0.05, 0.1) is 15.6 Å². The summed E-state index contributed by atoms with van der Waals surface area (Å²) >= 11 is 12.6. The van der Waals surface area contributed by atoms with Crippen LogP contribution in [0.4, 0.5) is 0 Å². The fraction of sp³-hybridized carbons (Fsp3) is 0.345. The number of piperidine rings is 1.